The van der Waals surface area contributed by atoms with Crippen molar-refractivity contribution in [2.75, 3.05) is 38.3 Å². The third-order valence-corrected chi connectivity index (χ3v) is 5.74. The van der Waals surface area contributed by atoms with E-state index in [9.17, 15) is 4.79 Å². The molecule has 2 aliphatic rings. The van der Waals surface area contributed by atoms with Crippen molar-refractivity contribution in [1.82, 2.24) is 15.3 Å². The molecule has 0 aliphatic carbocycles. The van der Waals surface area contributed by atoms with Gasteiger partial charge in [0.2, 0.25) is 5.95 Å². The Hall–Kier alpha value is -2.58. The quantitative estimate of drug-likeness (QED) is 0.666. The molecule has 2 aromatic rings. The minimum absolute atomic E-state index is 0.131. The number of benzene rings is 1. The van der Waals surface area contributed by atoms with Crippen LogP contribution in [0.15, 0.2) is 24.4 Å². The molecule has 2 aliphatic heterocycles. The van der Waals surface area contributed by atoms with Gasteiger partial charge in [0.15, 0.2) is 17.2 Å². The van der Waals surface area contributed by atoms with Gasteiger partial charge >= 0.3 is 0 Å². The van der Waals surface area contributed by atoms with E-state index in [0.29, 0.717) is 30.6 Å². The molecule has 0 unspecified atom stereocenters. The molecule has 3 heterocycles. The molecule has 1 amide bonds. The molecule has 1 atom stereocenters. The standard InChI is InChI=1S/C22H27ClN4O4/c1-29-19-11-15(6-7-18(19)31-14-16-5-4-10-30-16)12-24-21(28)20-17(23)13-25-22(26-20)27-8-2-3-9-27/h6-7,11,13,16H,2-5,8-10,12,14H2,1H3,(H,24,28)/t16-/m1/s1. The van der Waals surface area contributed by atoms with E-state index in [2.05, 4.69) is 20.2 Å². The molecule has 8 nitrogen and oxygen atoms in total. The number of nitrogens with one attached hydrogen (secondary N) is 1. The predicted octanol–water partition coefficient (Wildman–Crippen LogP) is 3.23. The summed E-state index contributed by atoms with van der Waals surface area (Å²) in [7, 11) is 1.59. The summed E-state index contributed by atoms with van der Waals surface area (Å²) in [5.41, 5.74) is 1.06. The Morgan fingerprint density at radius 2 is 2.13 bits per heavy atom. The molecule has 0 bridgehead atoms. The highest BCUT2D eigenvalue weighted by molar-refractivity contribution is 6.33. The zero-order valence-electron chi connectivity index (χ0n) is 17.6. The second-order valence-corrected chi connectivity index (χ2v) is 8.08. The van der Waals surface area contributed by atoms with Crippen molar-refractivity contribution < 1.29 is 19.0 Å². The first-order valence-electron chi connectivity index (χ1n) is 10.6. The van der Waals surface area contributed by atoms with Gasteiger partial charge in [-0.05, 0) is 43.4 Å². The fourth-order valence-corrected chi connectivity index (χ4v) is 3.93. The zero-order chi connectivity index (χ0) is 21.6. The zero-order valence-corrected chi connectivity index (χ0v) is 18.4. The Bertz CT molecular complexity index is 914. The summed E-state index contributed by atoms with van der Waals surface area (Å²) in [4.78, 5) is 23.4. The third-order valence-electron chi connectivity index (χ3n) is 5.47. The fourth-order valence-electron chi connectivity index (χ4n) is 3.75. The van der Waals surface area contributed by atoms with Crippen molar-refractivity contribution in [3.8, 4) is 11.5 Å². The van der Waals surface area contributed by atoms with Crippen molar-refractivity contribution in [3.05, 3.63) is 40.7 Å². The molecule has 1 N–H and O–H groups in total. The number of carbonyl (C=O) groups excluding carboxylic acids is 1. The van der Waals surface area contributed by atoms with Crippen LogP contribution in [0.1, 0.15) is 41.7 Å². The van der Waals surface area contributed by atoms with Gasteiger partial charge in [-0.2, -0.15) is 0 Å². The highest BCUT2D eigenvalue weighted by Crippen LogP contribution is 2.29. The maximum absolute atomic E-state index is 12.7. The highest BCUT2D eigenvalue weighted by atomic mass is 35.5. The third kappa shape index (κ3) is 5.37. The van der Waals surface area contributed by atoms with Crippen molar-refractivity contribution >= 4 is 23.5 Å². The van der Waals surface area contributed by atoms with Crippen LogP contribution < -0.4 is 19.7 Å². The van der Waals surface area contributed by atoms with Crippen molar-refractivity contribution in [1.29, 1.82) is 0 Å². The number of ether oxygens (including phenoxy) is 3. The summed E-state index contributed by atoms with van der Waals surface area (Å²) in [5.74, 6) is 1.47. The van der Waals surface area contributed by atoms with E-state index < -0.39 is 0 Å². The second kappa shape index (κ2) is 10.2. The predicted molar refractivity (Wildman–Crippen MR) is 117 cm³/mol. The first-order chi connectivity index (χ1) is 15.1. The first kappa shape index (κ1) is 21.6. The number of anilines is 1. The van der Waals surface area contributed by atoms with Gasteiger partial charge < -0.3 is 24.4 Å². The molecule has 0 spiro atoms. The number of halogens is 1. The fraction of sp³-hybridized carbons (Fsp3) is 0.500. The minimum Gasteiger partial charge on any atom is -0.493 e. The number of nitrogens with zero attached hydrogens (tertiary/aromatic N) is 3. The summed E-state index contributed by atoms with van der Waals surface area (Å²) < 4.78 is 16.9. The van der Waals surface area contributed by atoms with Crippen LogP contribution in [-0.2, 0) is 11.3 Å². The van der Waals surface area contributed by atoms with E-state index in [1.807, 2.05) is 18.2 Å². The van der Waals surface area contributed by atoms with Crippen molar-refractivity contribution in [3.63, 3.8) is 0 Å². The van der Waals surface area contributed by atoms with Gasteiger partial charge in [-0.3, -0.25) is 4.79 Å². The lowest BCUT2D eigenvalue weighted by molar-refractivity contribution is 0.0669. The molecule has 4 rings (SSSR count). The number of hydrogen-bond donors (Lipinski definition) is 1. The largest absolute Gasteiger partial charge is 0.493 e. The van der Waals surface area contributed by atoms with Crippen LogP contribution in [0.4, 0.5) is 5.95 Å². The lowest BCUT2D eigenvalue weighted by atomic mass is 10.2. The SMILES string of the molecule is COc1cc(CNC(=O)c2nc(N3CCCC3)ncc2Cl)ccc1OC[C@H]1CCCO1. The van der Waals surface area contributed by atoms with E-state index in [0.717, 1.165) is 50.9 Å². The summed E-state index contributed by atoms with van der Waals surface area (Å²) in [6.45, 7) is 3.38. The Morgan fingerprint density at radius 3 is 2.87 bits per heavy atom. The van der Waals surface area contributed by atoms with Crippen LogP contribution in [0, 0.1) is 0 Å². The van der Waals surface area contributed by atoms with Crippen LogP contribution >= 0.6 is 11.6 Å². The number of aromatic nitrogens is 2. The van der Waals surface area contributed by atoms with Gasteiger partial charge in [0, 0.05) is 26.2 Å². The number of rotatable bonds is 8. The van der Waals surface area contributed by atoms with Crippen LogP contribution in [0.3, 0.4) is 0 Å². The first-order valence-corrected chi connectivity index (χ1v) is 11.0. The number of amides is 1. The van der Waals surface area contributed by atoms with E-state index in [4.69, 9.17) is 25.8 Å². The van der Waals surface area contributed by atoms with E-state index in [1.165, 1.54) is 6.20 Å². The maximum atomic E-state index is 12.7. The summed E-state index contributed by atoms with van der Waals surface area (Å²) >= 11 is 6.19. The average molecular weight is 447 g/mol. The Balaban J connectivity index is 1.38. The molecule has 1 aromatic carbocycles. The summed E-state index contributed by atoms with van der Waals surface area (Å²) in [6.07, 6.45) is 5.90. The van der Waals surface area contributed by atoms with Gasteiger partial charge in [-0.25, -0.2) is 9.97 Å². The lowest BCUT2D eigenvalue weighted by Crippen LogP contribution is -2.26. The molecule has 2 saturated heterocycles. The monoisotopic (exact) mass is 446 g/mol. The van der Waals surface area contributed by atoms with Gasteiger partial charge in [0.1, 0.15) is 6.61 Å². The minimum atomic E-state index is -0.342. The molecule has 31 heavy (non-hydrogen) atoms. The van der Waals surface area contributed by atoms with Crippen LogP contribution in [0.25, 0.3) is 0 Å². The smallest absolute Gasteiger partial charge is 0.271 e. The normalized spacial score (nSPS) is 18.3. The van der Waals surface area contributed by atoms with Crippen LogP contribution in [0.2, 0.25) is 5.02 Å². The molecule has 0 radical (unpaired) electrons. The summed E-state index contributed by atoms with van der Waals surface area (Å²) in [6, 6.07) is 5.59. The molecule has 2 fully saturated rings. The van der Waals surface area contributed by atoms with Crippen molar-refractivity contribution in [2.24, 2.45) is 0 Å². The van der Waals surface area contributed by atoms with E-state index in [1.54, 1.807) is 7.11 Å². The highest BCUT2D eigenvalue weighted by Gasteiger charge is 2.20. The number of methoxy groups -OCH3 is 1. The Kier molecular flexibility index (Phi) is 7.09. The Morgan fingerprint density at radius 1 is 1.29 bits per heavy atom. The maximum Gasteiger partial charge on any atom is 0.271 e. The molecule has 0 saturated carbocycles. The van der Waals surface area contributed by atoms with Gasteiger partial charge in [0.05, 0.1) is 24.4 Å². The van der Waals surface area contributed by atoms with Crippen LogP contribution in [0.5, 0.6) is 11.5 Å². The van der Waals surface area contributed by atoms with E-state index in [-0.39, 0.29) is 22.7 Å². The number of hydrogen-bond acceptors (Lipinski definition) is 7. The van der Waals surface area contributed by atoms with E-state index >= 15 is 0 Å². The van der Waals surface area contributed by atoms with Gasteiger partial charge in [-0.15, -0.1) is 0 Å². The molecular formula is C22H27ClN4O4. The Labute approximate surface area is 186 Å². The molecule has 9 heteroatoms. The lowest BCUT2D eigenvalue weighted by Gasteiger charge is -2.16. The topological polar surface area (TPSA) is 85.8 Å². The average Bonchev–Trinajstić information content (AvgIpc) is 3.51. The number of carbonyl (C=O) groups is 1. The van der Waals surface area contributed by atoms with Crippen molar-refractivity contribution in [2.45, 2.75) is 38.3 Å². The summed E-state index contributed by atoms with van der Waals surface area (Å²) in [5, 5.41) is 3.11. The van der Waals surface area contributed by atoms with Gasteiger partial charge in [-0.1, -0.05) is 17.7 Å². The van der Waals surface area contributed by atoms with Gasteiger partial charge in [0.25, 0.3) is 5.91 Å². The molecule has 1 aromatic heterocycles. The second-order valence-electron chi connectivity index (χ2n) is 7.67. The molecular weight excluding hydrogens is 420 g/mol. The molecule has 166 valence electrons. The van der Waals surface area contributed by atoms with Crippen LogP contribution in [-0.4, -0.2) is 55.4 Å².